The summed E-state index contributed by atoms with van der Waals surface area (Å²) in [6, 6.07) is 9.94. The molecule has 1 aromatic heterocycles. The van der Waals surface area contributed by atoms with E-state index >= 15 is 0 Å². The van der Waals surface area contributed by atoms with Crippen LogP contribution >= 0.6 is 11.8 Å². The van der Waals surface area contributed by atoms with Gasteiger partial charge in [0.25, 0.3) is 5.56 Å². The molecule has 2 aromatic rings. The van der Waals surface area contributed by atoms with Crippen molar-refractivity contribution in [1.82, 2.24) is 19.8 Å². The van der Waals surface area contributed by atoms with E-state index in [-0.39, 0.29) is 24.0 Å². The Balaban J connectivity index is 1.58. The highest BCUT2D eigenvalue weighted by Crippen LogP contribution is 2.19. The molecule has 2 amide bonds. The standard InChI is InChI=1S/C21H26N4O4S/c1-3-29-21(28)25-11-9-24(10-12-25)18(26)13-17-15(2)22-20(23-19(17)27)30-14-16-7-5-4-6-8-16/h4-8H,3,9-14H2,1-2H3,(H,22,23,27). The number of aromatic amines is 1. The molecular weight excluding hydrogens is 404 g/mol. The number of piperazine rings is 1. The number of carbonyl (C=O) groups excluding carboxylic acids is 2. The summed E-state index contributed by atoms with van der Waals surface area (Å²) in [6.45, 7) is 5.54. The van der Waals surface area contributed by atoms with Crippen molar-refractivity contribution in [2.75, 3.05) is 32.8 Å². The number of nitrogens with one attached hydrogen (secondary N) is 1. The van der Waals surface area contributed by atoms with Gasteiger partial charge in [-0.2, -0.15) is 0 Å². The minimum atomic E-state index is -0.357. The molecule has 1 fully saturated rings. The first kappa shape index (κ1) is 21.9. The van der Waals surface area contributed by atoms with Crippen molar-refractivity contribution in [1.29, 1.82) is 0 Å². The van der Waals surface area contributed by atoms with Gasteiger partial charge >= 0.3 is 6.09 Å². The quantitative estimate of drug-likeness (QED) is 0.558. The molecule has 1 saturated heterocycles. The third-order valence-corrected chi connectivity index (χ3v) is 5.85. The number of aromatic nitrogens is 2. The number of ether oxygens (including phenoxy) is 1. The molecule has 0 spiro atoms. The van der Waals surface area contributed by atoms with Crippen molar-refractivity contribution in [2.45, 2.75) is 31.2 Å². The van der Waals surface area contributed by atoms with Gasteiger partial charge in [0.05, 0.1) is 13.0 Å². The number of amides is 2. The van der Waals surface area contributed by atoms with E-state index in [4.69, 9.17) is 4.74 Å². The third kappa shape index (κ3) is 5.63. The third-order valence-electron chi connectivity index (χ3n) is 4.91. The smallest absolute Gasteiger partial charge is 0.409 e. The zero-order chi connectivity index (χ0) is 21.5. The van der Waals surface area contributed by atoms with Gasteiger partial charge in [-0.05, 0) is 19.4 Å². The van der Waals surface area contributed by atoms with E-state index in [9.17, 15) is 14.4 Å². The predicted molar refractivity (Wildman–Crippen MR) is 114 cm³/mol. The van der Waals surface area contributed by atoms with Crippen LogP contribution in [-0.4, -0.2) is 64.6 Å². The van der Waals surface area contributed by atoms with E-state index in [0.29, 0.717) is 55.0 Å². The van der Waals surface area contributed by atoms with E-state index < -0.39 is 0 Å². The summed E-state index contributed by atoms with van der Waals surface area (Å²) in [5.74, 6) is 0.560. The van der Waals surface area contributed by atoms with Gasteiger partial charge in [0.1, 0.15) is 0 Å². The van der Waals surface area contributed by atoms with Crippen molar-refractivity contribution >= 4 is 23.8 Å². The summed E-state index contributed by atoms with van der Waals surface area (Å²) in [4.78, 5) is 47.5. The Kier molecular flexibility index (Phi) is 7.51. The fourth-order valence-electron chi connectivity index (χ4n) is 3.20. The van der Waals surface area contributed by atoms with Gasteiger partial charge in [0.2, 0.25) is 5.91 Å². The number of H-pyrrole nitrogens is 1. The van der Waals surface area contributed by atoms with Gasteiger partial charge in [-0.25, -0.2) is 9.78 Å². The van der Waals surface area contributed by atoms with E-state index in [1.54, 1.807) is 23.6 Å². The van der Waals surface area contributed by atoms with Gasteiger partial charge in [0.15, 0.2) is 5.16 Å². The predicted octanol–water partition coefficient (Wildman–Crippen LogP) is 2.21. The van der Waals surface area contributed by atoms with Crippen LogP contribution in [0.5, 0.6) is 0 Å². The molecule has 0 saturated carbocycles. The molecular formula is C21H26N4O4S. The maximum atomic E-state index is 12.7. The lowest BCUT2D eigenvalue weighted by molar-refractivity contribution is -0.132. The molecule has 30 heavy (non-hydrogen) atoms. The number of carbonyl (C=O) groups is 2. The number of thioether (sulfide) groups is 1. The maximum absolute atomic E-state index is 12.7. The Hall–Kier alpha value is -2.81. The minimum Gasteiger partial charge on any atom is -0.450 e. The highest BCUT2D eigenvalue weighted by atomic mass is 32.2. The molecule has 8 nitrogen and oxygen atoms in total. The Morgan fingerprint density at radius 2 is 1.80 bits per heavy atom. The minimum absolute atomic E-state index is 0.00277. The maximum Gasteiger partial charge on any atom is 0.409 e. The summed E-state index contributed by atoms with van der Waals surface area (Å²) >= 11 is 1.45. The summed E-state index contributed by atoms with van der Waals surface area (Å²) in [6.07, 6.45) is -0.360. The van der Waals surface area contributed by atoms with Crippen LogP contribution in [0, 0.1) is 6.92 Å². The van der Waals surface area contributed by atoms with Crippen molar-refractivity contribution in [2.24, 2.45) is 0 Å². The first-order chi connectivity index (χ1) is 14.5. The second-order valence-corrected chi connectivity index (χ2v) is 7.92. The number of benzene rings is 1. The molecule has 0 radical (unpaired) electrons. The fourth-order valence-corrected chi connectivity index (χ4v) is 4.07. The number of hydrogen-bond donors (Lipinski definition) is 1. The van der Waals surface area contributed by atoms with Crippen LogP contribution in [0.3, 0.4) is 0 Å². The van der Waals surface area contributed by atoms with E-state index in [2.05, 4.69) is 9.97 Å². The van der Waals surface area contributed by atoms with Crippen molar-refractivity contribution in [3.05, 3.63) is 57.5 Å². The lowest BCUT2D eigenvalue weighted by atomic mass is 10.1. The molecule has 0 bridgehead atoms. The Morgan fingerprint density at radius 1 is 1.13 bits per heavy atom. The molecule has 9 heteroatoms. The monoisotopic (exact) mass is 430 g/mol. The number of hydrogen-bond acceptors (Lipinski definition) is 6. The lowest BCUT2D eigenvalue weighted by Crippen LogP contribution is -2.51. The summed E-state index contributed by atoms with van der Waals surface area (Å²) in [5.41, 5.74) is 1.81. The zero-order valence-electron chi connectivity index (χ0n) is 17.2. The summed E-state index contributed by atoms with van der Waals surface area (Å²) in [5, 5.41) is 0.542. The molecule has 1 N–H and O–H groups in total. The largest absolute Gasteiger partial charge is 0.450 e. The average Bonchev–Trinajstić information content (AvgIpc) is 2.75. The molecule has 160 valence electrons. The lowest BCUT2D eigenvalue weighted by Gasteiger charge is -2.34. The molecule has 0 atom stereocenters. The molecule has 2 heterocycles. The SMILES string of the molecule is CCOC(=O)N1CCN(C(=O)Cc2c(C)nc(SCc3ccccc3)[nH]c2=O)CC1. The van der Waals surface area contributed by atoms with Crippen LogP contribution in [0.15, 0.2) is 40.3 Å². The van der Waals surface area contributed by atoms with E-state index in [1.165, 1.54) is 11.8 Å². The Morgan fingerprint density at radius 3 is 2.43 bits per heavy atom. The molecule has 1 aliphatic heterocycles. The first-order valence-corrected chi connectivity index (χ1v) is 10.9. The van der Waals surface area contributed by atoms with Crippen LogP contribution in [0.25, 0.3) is 0 Å². The highest BCUT2D eigenvalue weighted by Gasteiger charge is 2.25. The average molecular weight is 431 g/mol. The van der Waals surface area contributed by atoms with Crippen LogP contribution in [0.4, 0.5) is 4.79 Å². The molecule has 1 aliphatic rings. The Bertz CT molecular complexity index is 940. The van der Waals surface area contributed by atoms with Crippen molar-refractivity contribution < 1.29 is 14.3 Å². The first-order valence-electron chi connectivity index (χ1n) is 9.94. The normalized spacial score (nSPS) is 13.9. The van der Waals surface area contributed by atoms with Crippen LogP contribution in [-0.2, 0) is 21.7 Å². The van der Waals surface area contributed by atoms with Gasteiger partial charge in [-0.3, -0.25) is 9.59 Å². The second-order valence-electron chi connectivity index (χ2n) is 6.95. The molecule has 1 aromatic carbocycles. The second kappa shape index (κ2) is 10.3. The fraction of sp³-hybridized carbons (Fsp3) is 0.429. The Labute approximate surface area is 179 Å². The molecule has 3 rings (SSSR count). The van der Waals surface area contributed by atoms with E-state index in [1.807, 2.05) is 30.3 Å². The van der Waals surface area contributed by atoms with Crippen molar-refractivity contribution in [3.63, 3.8) is 0 Å². The van der Waals surface area contributed by atoms with Crippen molar-refractivity contribution in [3.8, 4) is 0 Å². The van der Waals surface area contributed by atoms with Crippen LogP contribution in [0.1, 0.15) is 23.7 Å². The summed E-state index contributed by atoms with van der Waals surface area (Å²) in [7, 11) is 0. The topological polar surface area (TPSA) is 95.6 Å². The number of rotatable bonds is 6. The number of nitrogens with zero attached hydrogens (tertiary/aromatic N) is 3. The molecule has 0 aliphatic carbocycles. The van der Waals surface area contributed by atoms with E-state index in [0.717, 1.165) is 5.56 Å². The molecule has 0 unspecified atom stereocenters. The summed E-state index contributed by atoms with van der Waals surface area (Å²) < 4.78 is 4.99. The number of aryl methyl sites for hydroxylation is 1. The zero-order valence-corrected chi connectivity index (χ0v) is 18.0. The van der Waals surface area contributed by atoms with Crippen LogP contribution < -0.4 is 5.56 Å². The van der Waals surface area contributed by atoms with Gasteiger partial charge in [-0.1, -0.05) is 42.1 Å². The van der Waals surface area contributed by atoms with Gasteiger partial charge in [-0.15, -0.1) is 0 Å². The van der Waals surface area contributed by atoms with Crippen LogP contribution in [0.2, 0.25) is 0 Å². The highest BCUT2D eigenvalue weighted by molar-refractivity contribution is 7.98. The van der Waals surface area contributed by atoms with Gasteiger partial charge < -0.3 is 19.5 Å². The van der Waals surface area contributed by atoms with Gasteiger partial charge in [0, 0.05) is 43.2 Å².